The molecule has 0 saturated carbocycles. The number of nitrogens with one attached hydrogen (secondary N) is 3. The third-order valence-electron chi connectivity index (χ3n) is 6.58. The van der Waals surface area contributed by atoms with E-state index in [0.29, 0.717) is 24.0 Å². The Hall–Kier alpha value is 0.0900. The number of unbranched alkanes of at least 4 members (excludes halogenated alkanes) is 1. The fourth-order valence-corrected chi connectivity index (χ4v) is 6.44. The van der Waals surface area contributed by atoms with Gasteiger partial charge in [-0.15, -0.1) is 0 Å². The molecule has 0 aromatic carbocycles. The zero-order chi connectivity index (χ0) is 38.2. The number of phosphoric ester groups is 2. The number of hydrogen-bond donors (Lipinski definition) is 8. The van der Waals surface area contributed by atoms with Crippen LogP contribution in [0.15, 0.2) is 21.9 Å². The van der Waals surface area contributed by atoms with E-state index in [2.05, 4.69) is 51.7 Å². The molecule has 2 saturated heterocycles. The van der Waals surface area contributed by atoms with E-state index < -0.39 is 101 Å². The largest absolute Gasteiger partial charge is 1.00 e. The molecule has 1 aromatic rings. The molecular weight excluding hydrogens is 760 g/mol. The quantitative estimate of drug-likeness (QED) is 0.0463. The molecular formula is C27H50N4Na2O17P2. The molecule has 2 aliphatic rings. The number of aromatic nitrogens is 2. The SMILES string of the molecule is CCC.CCC.CNCCCCC(=O)NC1[C@@H](OP(=O)([O-])OP(=O)([O-])OCC2OC(n3ccc(=O)[nH]c3=O)C(O)C2O)OC(CO)[C@H](O)[C@@H]1O.[Na+].[Na+]. The molecule has 1 amide bonds. The van der Waals surface area contributed by atoms with Gasteiger partial charge in [0.2, 0.25) is 5.91 Å². The molecule has 1 aromatic heterocycles. The van der Waals surface area contributed by atoms with Crippen LogP contribution in [-0.2, 0) is 36.8 Å². The summed E-state index contributed by atoms with van der Waals surface area (Å²) in [6.07, 6.45) is -10.1. The van der Waals surface area contributed by atoms with Crippen molar-refractivity contribution in [3.8, 4) is 0 Å². The van der Waals surface area contributed by atoms with Gasteiger partial charge in [0, 0.05) is 18.7 Å². The third-order valence-corrected chi connectivity index (χ3v) is 9.11. The molecule has 52 heavy (non-hydrogen) atoms. The van der Waals surface area contributed by atoms with Crippen molar-refractivity contribution < 1.29 is 131 Å². The van der Waals surface area contributed by atoms with Crippen LogP contribution in [-0.4, -0.2) is 117 Å². The van der Waals surface area contributed by atoms with Crippen LogP contribution in [0.1, 0.15) is 66.0 Å². The second-order valence-corrected chi connectivity index (χ2v) is 14.1. The smallest absolute Gasteiger partial charge is 0.756 e. The van der Waals surface area contributed by atoms with Gasteiger partial charge in [0.1, 0.15) is 42.7 Å². The Morgan fingerprint density at radius 2 is 1.52 bits per heavy atom. The summed E-state index contributed by atoms with van der Waals surface area (Å²) in [4.78, 5) is 62.4. The van der Waals surface area contributed by atoms with E-state index in [1.165, 1.54) is 12.8 Å². The maximum Gasteiger partial charge on any atom is 1.00 e. The van der Waals surface area contributed by atoms with Crippen LogP contribution in [0.25, 0.3) is 0 Å². The number of aromatic amines is 1. The number of aliphatic hydroxyl groups is 5. The van der Waals surface area contributed by atoms with Crippen molar-refractivity contribution in [2.75, 3.05) is 26.8 Å². The summed E-state index contributed by atoms with van der Waals surface area (Å²) in [7, 11) is -10.1. The standard InChI is InChI=1S/C21H36N4O17P2.2C3H8.2Na/c1-22-6-3-2-4-12(27)23-14-17(31)15(29)10(8-26)40-20(14)41-44(36,37)42-43(34,35)38-9-11-16(30)18(32)19(39-11)25-7-5-13(28)24-21(25)33;2*1-3-2;;/h5,7,10-11,14-20,22,26,29-32H,2-4,6,8-9H2,1H3,(H,23,27)(H,34,35)(H,36,37)(H,24,28,33);2*3H2,1-2H3;;/q;;;2*+1/p-2/t10?,11?,14?,15-,16?,17+,18?,19?,20+;;;;/m0..../s1. The molecule has 21 nitrogen and oxygen atoms in total. The number of carbonyl (C=O) groups excluding carboxylic acids is 1. The molecule has 2 fully saturated rings. The molecule has 0 radical (unpaired) electrons. The summed E-state index contributed by atoms with van der Waals surface area (Å²) < 4.78 is 49.1. The van der Waals surface area contributed by atoms with E-state index in [0.717, 1.165) is 12.3 Å². The number of nitrogens with zero attached hydrogens (tertiary/aromatic N) is 1. The molecule has 292 valence electrons. The zero-order valence-corrected chi connectivity index (χ0v) is 36.3. The fourth-order valence-electron chi connectivity index (χ4n) is 4.35. The second-order valence-electron chi connectivity index (χ2n) is 11.2. The summed E-state index contributed by atoms with van der Waals surface area (Å²) >= 11 is 0. The number of H-pyrrole nitrogens is 1. The number of carbonyl (C=O) groups is 1. The van der Waals surface area contributed by atoms with Crippen molar-refractivity contribution in [1.29, 1.82) is 0 Å². The first-order chi connectivity index (χ1) is 23.4. The molecule has 0 bridgehead atoms. The maximum atomic E-state index is 12.5. The van der Waals surface area contributed by atoms with Crippen molar-refractivity contribution in [2.24, 2.45) is 0 Å². The third kappa shape index (κ3) is 17.9. The minimum atomic E-state index is -5.98. The van der Waals surface area contributed by atoms with Crippen molar-refractivity contribution in [3.05, 3.63) is 33.1 Å². The summed E-state index contributed by atoms with van der Waals surface area (Å²) in [6.45, 7) is 7.04. The Bertz CT molecular complexity index is 1380. The number of aliphatic hydroxyl groups excluding tert-OH is 5. The molecule has 3 rings (SSSR count). The zero-order valence-electron chi connectivity index (χ0n) is 30.5. The number of hydrogen-bond acceptors (Lipinski definition) is 18. The van der Waals surface area contributed by atoms with Gasteiger partial charge in [0.25, 0.3) is 21.2 Å². The topological polar surface area (TPSA) is 324 Å². The Morgan fingerprint density at radius 1 is 0.942 bits per heavy atom. The summed E-state index contributed by atoms with van der Waals surface area (Å²) in [5.74, 6) is -0.698. The van der Waals surface area contributed by atoms with E-state index in [1.807, 2.05) is 4.98 Å². The van der Waals surface area contributed by atoms with Crippen LogP contribution >= 0.6 is 15.6 Å². The van der Waals surface area contributed by atoms with Crippen molar-refractivity contribution >= 4 is 21.6 Å². The number of rotatable bonds is 15. The van der Waals surface area contributed by atoms with Crippen LogP contribution in [0, 0.1) is 0 Å². The van der Waals surface area contributed by atoms with Crippen molar-refractivity contribution in [3.63, 3.8) is 0 Å². The average Bonchev–Trinajstić information content (AvgIpc) is 3.30. The first kappa shape index (κ1) is 54.2. The van der Waals surface area contributed by atoms with Crippen molar-refractivity contribution in [1.82, 2.24) is 20.2 Å². The van der Waals surface area contributed by atoms with Gasteiger partial charge >= 0.3 is 64.8 Å². The van der Waals surface area contributed by atoms with E-state index in [1.54, 1.807) is 7.05 Å². The predicted molar refractivity (Wildman–Crippen MR) is 170 cm³/mol. The van der Waals surface area contributed by atoms with E-state index in [9.17, 15) is 58.8 Å². The van der Waals surface area contributed by atoms with Crippen LogP contribution in [0.3, 0.4) is 0 Å². The first-order valence-electron chi connectivity index (χ1n) is 16.0. The van der Waals surface area contributed by atoms with Gasteiger partial charge in [-0.3, -0.25) is 32.8 Å². The second kappa shape index (κ2) is 26.9. The van der Waals surface area contributed by atoms with E-state index >= 15 is 0 Å². The summed E-state index contributed by atoms with van der Waals surface area (Å²) in [5, 5.41) is 55.7. The van der Waals surface area contributed by atoms with Gasteiger partial charge < -0.3 is 60.0 Å². The Kier molecular flexibility index (Phi) is 28.0. The minimum absolute atomic E-state index is 0. The molecule has 0 aliphatic carbocycles. The van der Waals surface area contributed by atoms with E-state index in [-0.39, 0.29) is 65.5 Å². The van der Waals surface area contributed by atoms with Gasteiger partial charge in [-0.2, -0.15) is 0 Å². The van der Waals surface area contributed by atoms with Crippen LogP contribution in [0.5, 0.6) is 0 Å². The Balaban J connectivity index is 0. The number of phosphoric acid groups is 2. The maximum absolute atomic E-state index is 12.5. The summed E-state index contributed by atoms with van der Waals surface area (Å²) in [5.41, 5.74) is -1.79. The monoisotopic (exact) mass is 810 g/mol. The average molecular weight is 811 g/mol. The minimum Gasteiger partial charge on any atom is -0.756 e. The van der Waals surface area contributed by atoms with Gasteiger partial charge in [-0.05, 0) is 26.4 Å². The number of amides is 1. The predicted octanol–water partition coefficient (Wildman–Crippen LogP) is -8.70. The molecule has 3 heterocycles. The van der Waals surface area contributed by atoms with Gasteiger partial charge in [-0.1, -0.05) is 40.5 Å². The van der Waals surface area contributed by atoms with Crippen LogP contribution in [0.4, 0.5) is 0 Å². The number of ether oxygens (including phenoxy) is 2. The normalized spacial score (nSPS) is 29.0. The molecule has 2 aliphatic heterocycles. The molecule has 8 unspecified atom stereocenters. The molecule has 0 spiro atoms. The molecule has 25 heteroatoms. The van der Waals surface area contributed by atoms with Gasteiger partial charge in [0.05, 0.1) is 13.2 Å². The fraction of sp³-hybridized carbons (Fsp3) is 0.815. The molecule has 8 N–H and O–H groups in total. The molecule has 11 atom stereocenters. The van der Waals surface area contributed by atoms with Gasteiger partial charge in [-0.25, -0.2) is 9.11 Å². The van der Waals surface area contributed by atoms with Crippen LogP contribution < -0.4 is 90.8 Å². The Labute approximate surface area is 345 Å². The first-order valence-corrected chi connectivity index (χ1v) is 18.9. The van der Waals surface area contributed by atoms with Crippen molar-refractivity contribution in [2.45, 2.75) is 115 Å². The van der Waals surface area contributed by atoms with Crippen LogP contribution in [0.2, 0.25) is 0 Å². The van der Waals surface area contributed by atoms with E-state index in [4.69, 9.17) is 9.47 Å². The Morgan fingerprint density at radius 3 is 2.06 bits per heavy atom. The summed E-state index contributed by atoms with van der Waals surface area (Å²) in [6, 6.07) is -0.849. The van der Waals surface area contributed by atoms with Gasteiger partial charge in [0.15, 0.2) is 12.5 Å².